The van der Waals surface area contributed by atoms with Crippen LogP contribution in [0.25, 0.3) is 0 Å². The molecular formula is C10H14BrN3O2. The highest BCUT2D eigenvalue weighted by molar-refractivity contribution is 9.10. The Morgan fingerprint density at radius 1 is 1.56 bits per heavy atom. The second kappa shape index (κ2) is 3.78. The molecule has 88 valence electrons. The van der Waals surface area contributed by atoms with Crippen molar-refractivity contribution < 1.29 is 9.84 Å². The Balaban J connectivity index is 1.85. The van der Waals surface area contributed by atoms with Gasteiger partial charge in [0.05, 0.1) is 12.2 Å². The zero-order valence-corrected chi connectivity index (χ0v) is 10.6. The largest absolute Gasteiger partial charge is 0.386 e. The van der Waals surface area contributed by atoms with E-state index in [4.69, 9.17) is 4.74 Å². The summed E-state index contributed by atoms with van der Waals surface area (Å²) in [5, 5.41) is 18.2. The second-order valence-electron chi connectivity index (χ2n) is 4.61. The smallest absolute Gasteiger partial charge is 0.154 e. The van der Waals surface area contributed by atoms with E-state index in [1.807, 2.05) is 0 Å². The van der Waals surface area contributed by atoms with Crippen molar-refractivity contribution in [3.8, 4) is 0 Å². The molecule has 0 amide bonds. The van der Waals surface area contributed by atoms with E-state index in [-0.39, 0.29) is 12.0 Å². The molecule has 2 aliphatic heterocycles. The standard InChI is InChI=1S/C10H14BrN3O2/c1-14-8(10(11)12-13-14)9(15)6-4-5-2-3-7(6)16-5/h5-7,9,15H,2-4H2,1H3. The number of halogens is 1. The Kier molecular flexibility index (Phi) is 2.53. The normalized spacial score (nSPS) is 34.6. The fourth-order valence-electron chi connectivity index (χ4n) is 2.86. The fourth-order valence-corrected chi connectivity index (χ4v) is 3.43. The highest BCUT2D eigenvalue weighted by Gasteiger charge is 2.45. The van der Waals surface area contributed by atoms with Gasteiger partial charge in [0.25, 0.3) is 0 Å². The number of nitrogens with zero attached hydrogens (tertiary/aromatic N) is 3. The minimum absolute atomic E-state index is 0.187. The van der Waals surface area contributed by atoms with E-state index >= 15 is 0 Å². The Hall–Kier alpha value is -0.460. The second-order valence-corrected chi connectivity index (χ2v) is 5.36. The summed E-state index contributed by atoms with van der Waals surface area (Å²) < 4.78 is 8.01. The molecule has 4 unspecified atom stereocenters. The Labute approximate surface area is 102 Å². The number of aromatic nitrogens is 3. The molecule has 5 nitrogen and oxygen atoms in total. The third-order valence-electron chi connectivity index (χ3n) is 3.67. The molecule has 0 aliphatic carbocycles. The van der Waals surface area contributed by atoms with Crippen LogP contribution in [0.15, 0.2) is 4.60 Å². The molecule has 0 radical (unpaired) electrons. The quantitative estimate of drug-likeness (QED) is 0.887. The van der Waals surface area contributed by atoms with Crippen molar-refractivity contribution in [3.05, 3.63) is 10.3 Å². The Morgan fingerprint density at radius 2 is 2.38 bits per heavy atom. The summed E-state index contributed by atoms with van der Waals surface area (Å²) in [7, 11) is 1.80. The van der Waals surface area contributed by atoms with Crippen LogP contribution in [0.4, 0.5) is 0 Å². The molecule has 4 atom stereocenters. The van der Waals surface area contributed by atoms with Crippen molar-refractivity contribution in [1.82, 2.24) is 15.0 Å². The van der Waals surface area contributed by atoms with Gasteiger partial charge in [-0.2, -0.15) is 0 Å². The van der Waals surface area contributed by atoms with Gasteiger partial charge in [-0.1, -0.05) is 5.21 Å². The maximum Gasteiger partial charge on any atom is 0.154 e. The number of aryl methyl sites for hydroxylation is 1. The zero-order chi connectivity index (χ0) is 11.3. The van der Waals surface area contributed by atoms with E-state index in [1.54, 1.807) is 11.7 Å². The molecule has 2 bridgehead atoms. The van der Waals surface area contributed by atoms with Crippen LogP contribution in [-0.4, -0.2) is 32.3 Å². The average molecular weight is 288 g/mol. The highest BCUT2D eigenvalue weighted by atomic mass is 79.9. The van der Waals surface area contributed by atoms with Crippen molar-refractivity contribution >= 4 is 15.9 Å². The highest BCUT2D eigenvalue weighted by Crippen LogP contribution is 2.45. The molecule has 2 fully saturated rings. The minimum atomic E-state index is -0.537. The summed E-state index contributed by atoms with van der Waals surface area (Å²) in [5.41, 5.74) is 0.751. The van der Waals surface area contributed by atoms with Gasteiger partial charge in [0.15, 0.2) is 4.60 Å². The van der Waals surface area contributed by atoms with E-state index in [0.29, 0.717) is 10.7 Å². The molecule has 2 saturated heterocycles. The first kappa shape index (κ1) is 10.7. The van der Waals surface area contributed by atoms with Gasteiger partial charge in [-0.25, -0.2) is 4.68 Å². The Bertz CT molecular complexity index is 389. The number of hydrogen-bond acceptors (Lipinski definition) is 4. The predicted octanol–water partition coefficient (Wildman–Crippen LogP) is 1.18. The average Bonchev–Trinajstić information content (AvgIpc) is 2.93. The monoisotopic (exact) mass is 287 g/mol. The number of aliphatic hydroxyl groups is 1. The molecule has 1 N–H and O–H groups in total. The van der Waals surface area contributed by atoms with Crippen molar-refractivity contribution in [1.29, 1.82) is 0 Å². The van der Waals surface area contributed by atoms with E-state index in [0.717, 1.165) is 25.0 Å². The maximum absolute atomic E-state index is 10.4. The van der Waals surface area contributed by atoms with Gasteiger partial charge < -0.3 is 9.84 Å². The summed E-state index contributed by atoms with van der Waals surface area (Å²) >= 11 is 3.32. The lowest BCUT2D eigenvalue weighted by molar-refractivity contribution is 0.0381. The van der Waals surface area contributed by atoms with Gasteiger partial charge in [-0.05, 0) is 35.2 Å². The molecule has 6 heteroatoms. The number of aliphatic hydroxyl groups excluding tert-OH is 1. The first-order valence-corrected chi connectivity index (χ1v) is 6.34. The van der Waals surface area contributed by atoms with Gasteiger partial charge in [0, 0.05) is 13.0 Å². The summed E-state index contributed by atoms with van der Waals surface area (Å²) in [6, 6.07) is 0. The lowest BCUT2D eigenvalue weighted by Crippen LogP contribution is -2.25. The molecule has 1 aromatic heterocycles. The first-order chi connectivity index (χ1) is 7.66. The first-order valence-electron chi connectivity index (χ1n) is 5.55. The summed E-state index contributed by atoms with van der Waals surface area (Å²) in [4.78, 5) is 0. The third kappa shape index (κ3) is 1.51. The molecule has 0 saturated carbocycles. The van der Waals surface area contributed by atoms with Crippen LogP contribution in [0, 0.1) is 5.92 Å². The SMILES string of the molecule is Cn1nnc(Br)c1C(O)C1CC2CCC1O2. The van der Waals surface area contributed by atoms with Gasteiger partial charge in [0.2, 0.25) is 0 Å². The molecule has 16 heavy (non-hydrogen) atoms. The van der Waals surface area contributed by atoms with Gasteiger partial charge >= 0.3 is 0 Å². The molecule has 0 spiro atoms. The summed E-state index contributed by atoms with van der Waals surface area (Å²) in [6.07, 6.45) is 3.17. The van der Waals surface area contributed by atoms with Gasteiger partial charge in [-0.15, -0.1) is 5.10 Å². The molecule has 2 aliphatic rings. The number of rotatable bonds is 2. The number of hydrogen-bond donors (Lipinski definition) is 1. The van der Waals surface area contributed by atoms with Crippen molar-refractivity contribution in [2.75, 3.05) is 0 Å². The van der Waals surface area contributed by atoms with Crippen LogP contribution < -0.4 is 0 Å². The molecule has 3 heterocycles. The lowest BCUT2D eigenvalue weighted by atomic mass is 9.84. The van der Waals surface area contributed by atoms with E-state index < -0.39 is 6.10 Å². The lowest BCUT2D eigenvalue weighted by Gasteiger charge is -2.24. The molecule has 3 rings (SSSR count). The molecule has 0 aromatic carbocycles. The zero-order valence-electron chi connectivity index (χ0n) is 9.01. The van der Waals surface area contributed by atoms with Crippen molar-refractivity contribution in [3.63, 3.8) is 0 Å². The van der Waals surface area contributed by atoms with Crippen LogP contribution in [0.1, 0.15) is 31.1 Å². The van der Waals surface area contributed by atoms with Crippen LogP contribution in [0.5, 0.6) is 0 Å². The minimum Gasteiger partial charge on any atom is -0.386 e. The van der Waals surface area contributed by atoms with Crippen molar-refractivity contribution in [2.24, 2.45) is 13.0 Å². The van der Waals surface area contributed by atoms with Gasteiger partial charge in [-0.3, -0.25) is 0 Å². The third-order valence-corrected chi connectivity index (χ3v) is 4.23. The van der Waals surface area contributed by atoms with E-state index in [9.17, 15) is 5.11 Å². The van der Waals surface area contributed by atoms with Crippen LogP contribution in [-0.2, 0) is 11.8 Å². The summed E-state index contributed by atoms with van der Waals surface area (Å²) in [5.74, 6) is 0.187. The van der Waals surface area contributed by atoms with Crippen molar-refractivity contribution in [2.45, 2.75) is 37.6 Å². The summed E-state index contributed by atoms with van der Waals surface area (Å²) in [6.45, 7) is 0. The number of fused-ring (bicyclic) bond motifs is 2. The number of ether oxygens (including phenoxy) is 1. The maximum atomic E-state index is 10.4. The van der Waals surface area contributed by atoms with Gasteiger partial charge in [0.1, 0.15) is 11.8 Å². The Morgan fingerprint density at radius 3 is 2.88 bits per heavy atom. The fraction of sp³-hybridized carbons (Fsp3) is 0.800. The molecular weight excluding hydrogens is 274 g/mol. The van der Waals surface area contributed by atoms with E-state index in [1.165, 1.54) is 0 Å². The van der Waals surface area contributed by atoms with E-state index in [2.05, 4.69) is 26.2 Å². The van der Waals surface area contributed by atoms with Crippen LogP contribution in [0.3, 0.4) is 0 Å². The molecule has 1 aromatic rings. The van der Waals surface area contributed by atoms with Crippen LogP contribution >= 0.6 is 15.9 Å². The van der Waals surface area contributed by atoms with Crippen LogP contribution in [0.2, 0.25) is 0 Å². The topological polar surface area (TPSA) is 60.2 Å². The predicted molar refractivity (Wildman–Crippen MR) is 59.7 cm³/mol.